The molecule has 0 spiro atoms. The molecule has 0 aliphatic heterocycles. The highest BCUT2D eigenvalue weighted by Gasteiger charge is 2.64. The van der Waals surface area contributed by atoms with Gasteiger partial charge in [-0.15, -0.1) is 0 Å². The minimum absolute atomic E-state index is 0.0728. The Hall–Kier alpha value is 0.520. The lowest BCUT2D eigenvalue weighted by Crippen LogP contribution is -2.54. The van der Waals surface area contributed by atoms with Gasteiger partial charge in [-0.1, -0.05) is 11.2 Å². The smallest absolute Gasteiger partial charge is 0.178 e. The molecule has 0 unspecified atom stereocenters. The van der Waals surface area contributed by atoms with Crippen LogP contribution in [-0.2, 0) is 4.57 Å². The lowest BCUT2D eigenvalue weighted by molar-refractivity contribution is 0.0124. The molecule has 3 heteroatoms. The van der Waals surface area contributed by atoms with E-state index in [2.05, 4.69) is 0 Å². The second-order valence-electron chi connectivity index (χ2n) is 10.6. The highest BCUT2D eigenvalue weighted by atomic mass is 35.7. The molecule has 8 bridgehead atoms. The van der Waals surface area contributed by atoms with Crippen molar-refractivity contribution < 1.29 is 4.57 Å². The maximum absolute atomic E-state index is 14.3. The lowest BCUT2D eigenvalue weighted by atomic mass is 9.55. The summed E-state index contributed by atoms with van der Waals surface area (Å²) in [5.41, 5.74) is 0.410. The maximum Gasteiger partial charge on any atom is 0.178 e. The van der Waals surface area contributed by atoms with E-state index < -0.39 is 6.49 Å². The number of hydrogen-bond donors (Lipinski definition) is 0. The molecule has 0 heterocycles. The van der Waals surface area contributed by atoms with Crippen molar-refractivity contribution in [3.63, 3.8) is 0 Å². The Morgan fingerprint density at radius 3 is 1.48 bits per heavy atom. The van der Waals surface area contributed by atoms with Crippen LogP contribution in [0.1, 0.15) is 70.6 Å². The van der Waals surface area contributed by atoms with E-state index in [-0.39, 0.29) is 5.16 Å². The van der Waals surface area contributed by atoms with Crippen LogP contribution in [0.2, 0.25) is 0 Å². The summed E-state index contributed by atoms with van der Waals surface area (Å²) >= 11 is 7.26. The summed E-state index contributed by atoms with van der Waals surface area (Å²) in [6, 6.07) is 0. The molecular formula is C20H30ClOP. The monoisotopic (exact) mass is 352 g/mol. The van der Waals surface area contributed by atoms with E-state index in [0.29, 0.717) is 5.66 Å². The Morgan fingerprint density at radius 1 is 0.652 bits per heavy atom. The molecule has 0 aromatic carbocycles. The van der Waals surface area contributed by atoms with Gasteiger partial charge < -0.3 is 4.57 Å². The third kappa shape index (κ3) is 1.91. The van der Waals surface area contributed by atoms with E-state index in [1.165, 1.54) is 70.6 Å². The van der Waals surface area contributed by atoms with Gasteiger partial charge in [0.2, 0.25) is 0 Å². The molecule has 8 fully saturated rings. The average Bonchev–Trinajstić information content (AvgIpc) is 2.44. The van der Waals surface area contributed by atoms with Crippen molar-refractivity contribution in [1.29, 1.82) is 0 Å². The predicted molar refractivity (Wildman–Crippen MR) is 95.2 cm³/mol. The zero-order valence-corrected chi connectivity index (χ0v) is 15.8. The minimum atomic E-state index is -2.58. The molecule has 1 nitrogen and oxygen atoms in total. The van der Waals surface area contributed by atoms with Gasteiger partial charge >= 0.3 is 0 Å². The largest absolute Gasteiger partial charge is 0.306 e. The highest BCUT2D eigenvalue weighted by Crippen LogP contribution is 2.81. The second kappa shape index (κ2) is 4.62. The number of rotatable bonds is 2. The number of hydrogen-bond acceptors (Lipinski definition) is 1. The Morgan fingerprint density at radius 2 is 1.04 bits per heavy atom. The molecule has 23 heavy (non-hydrogen) atoms. The summed E-state index contributed by atoms with van der Waals surface area (Å²) in [5.74, 6) is 5.97. The molecule has 0 N–H and O–H groups in total. The van der Waals surface area contributed by atoms with Crippen LogP contribution in [0.15, 0.2) is 0 Å². The van der Waals surface area contributed by atoms with Crippen LogP contribution in [0, 0.1) is 41.4 Å². The van der Waals surface area contributed by atoms with Gasteiger partial charge in [0.1, 0.15) is 0 Å². The van der Waals surface area contributed by atoms with Crippen molar-refractivity contribution in [2.24, 2.45) is 41.4 Å². The molecule has 0 aromatic heterocycles. The standard InChI is InChI=1S/C20H30ClOP/c21-23(22,19-17-5-12-1-13(7-17)8-18(19)6-12)20-9-14-2-15(10-20)4-16(3-14)11-20/h12-19H,1-11H2/t12?,13?,14?,15?,16?,17?,18?,19?,20?,23-/m0/s1. The molecule has 8 rings (SSSR count). The van der Waals surface area contributed by atoms with Crippen molar-refractivity contribution in [1.82, 2.24) is 0 Å². The highest BCUT2D eigenvalue weighted by molar-refractivity contribution is 7.91. The fourth-order valence-electron chi connectivity index (χ4n) is 9.19. The molecule has 0 saturated heterocycles. The lowest BCUT2D eigenvalue weighted by Gasteiger charge is -2.62. The van der Waals surface area contributed by atoms with Crippen molar-refractivity contribution >= 4 is 17.7 Å². The normalized spacial score (nSPS) is 61.8. The van der Waals surface area contributed by atoms with Crippen LogP contribution >= 0.6 is 17.7 Å². The van der Waals surface area contributed by atoms with Gasteiger partial charge in [0.15, 0.2) is 6.49 Å². The molecule has 8 aliphatic rings. The molecule has 128 valence electrons. The Labute approximate surface area is 145 Å². The first-order chi connectivity index (χ1) is 11.0. The first-order valence-corrected chi connectivity index (χ1v) is 13.0. The van der Waals surface area contributed by atoms with Crippen molar-refractivity contribution in [3.05, 3.63) is 0 Å². The SMILES string of the molecule is O=[P@@](Cl)(C1C2CC3CC(C2)CC1C3)C12CC3CC(CC(C3)C1)C2. The Bertz CT molecular complexity index is 521. The first kappa shape index (κ1) is 14.7. The third-order valence-electron chi connectivity index (χ3n) is 9.21. The first-order valence-electron chi connectivity index (χ1n) is 10.3. The molecule has 1 atom stereocenters. The molecule has 0 amide bonds. The molecular weight excluding hydrogens is 323 g/mol. The van der Waals surface area contributed by atoms with Crippen molar-refractivity contribution in [2.75, 3.05) is 0 Å². The topological polar surface area (TPSA) is 17.1 Å². The fourth-order valence-corrected chi connectivity index (χ4v) is 14.5. The van der Waals surface area contributed by atoms with Crippen LogP contribution in [-0.4, -0.2) is 10.8 Å². The second-order valence-corrected chi connectivity index (χ2v) is 14.8. The zero-order chi connectivity index (χ0) is 15.4. The fraction of sp³-hybridized carbons (Fsp3) is 1.00. The van der Waals surface area contributed by atoms with Gasteiger partial charge in [-0.25, -0.2) is 0 Å². The van der Waals surface area contributed by atoms with Crippen molar-refractivity contribution in [3.8, 4) is 0 Å². The van der Waals surface area contributed by atoms with Gasteiger partial charge in [0, 0.05) is 10.8 Å². The summed E-state index contributed by atoms with van der Waals surface area (Å²) < 4.78 is 14.3. The molecule has 8 saturated carbocycles. The van der Waals surface area contributed by atoms with Crippen molar-refractivity contribution in [2.45, 2.75) is 81.4 Å². The van der Waals surface area contributed by atoms with Gasteiger partial charge in [-0.05, 0) is 112 Å². The van der Waals surface area contributed by atoms with Gasteiger partial charge in [0.25, 0.3) is 0 Å². The quantitative estimate of drug-likeness (QED) is 0.533. The number of halogens is 1. The Balaban J connectivity index is 1.38. The summed E-state index contributed by atoms with van der Waals surface area (Å²) in [6.07, 6.45) is 14.9. The van der Waals surface area contributed by atoms with E-state index in [1.807, 2.05) is 0 Å². The molecule has 0 radical (unpaired) electrons. The van der Waals surface area contributed by atoms with E-state index >= 15 is 0 Å². The van der Waals surface area contributed by atoms with Crippen LogP contribution < -0.4 is 0 Å². The van der Waals surface area contributed by atoms with Crippen LogP contribution in [0.4, 0.5) is 0 Å². The summed E-state index contributed by atoms with van der Waals surface area (Å²) in [7, 11) is 0. The predicted octanol–water partition coefficient (Wildman–Crippen LogP) is 6.30. The van der Waals surface area contributed by atoms with Gasteiger partial charge in [0.05, 0.1) is 0 Å². The van der Waals surface area contributed by atoms with E-state index in [1.54, 1.807) is 0 Å². The van der Waals surface area contributed by atoms with E-state index in [9.17, 15) is 4.57 Å². The molecule has 0 aromatic rings. The van der Waals surface area contributed by atoms with Gasteiger partial charge in [-0.2, -0.15) is 0 Å². The summed E-state index contributed by atoms with van der Waals surface area (Å²) in [6.45, 7) is -2.58. The Kier molecular flexibility index (Phi) is 2.94. The third-order valence-corrected chi connectivity index (χ3v) is 14.4. The maximum atomic E-state index is 14.3. The van der Waals surface area contributed by atoms with E-state index in [0.717, 1.165) is 41.4 Å². The zero-order valence-electron chi connectivity index (χ0n) is 14.1. The van der Waals surface area contributed by atoms with E-state index in [4.69, 9.17) is 11.2 Å². The van der Waals surface area contributed by atoms with Gasteiger partial charge in [-0.3, -0.25) is 0 Å². The molecule has 8 aliphatic carbocycles. The van der Waals surface area contributed by atoms with Crippen LogP contribution in [0.3, 0.4) is 0 Å². The van der Waals surface area contributed by atoms with Crippen LogP contribution in [0.5, 0.6) is 0 Å². The summed E-state index contributed by atoms with van der Waals surface area (Å²) in [4.78, 5) is 0. The minimum Gasteiger partial charge on any atom is -0.306 e. The average molecular weight is 353 g/mol. The summed E-state index contributed by atoms with van der Waals surface area (Å²) in [5, 5.41) is 0.0728. The van der Waals surface area contributed by atoms with Crippen LogP contribution in [0.25, 0.3) is 0 Å².